The number of halogens is 3. The summed E-state index contributed by atoms with van der Waals surface area (Å²) in [7, 11) is 0. The fraction of sp³-hybridized carbons (Fsp3) is 0.368. The Balaban J connectivity index is 1.44. The standard InChI is InChI=1S/C19H19ClF2N8/c20-10-3-4-12(13(22)5-10)15-6-11(21)8-30(15)19-26-17(23)25-18(27-19)24-16-7-14(28-29-16)9-1-2-9/h3-5,7,9,11,15H,1-2,6,8H2,(H4,23,24,25,26,27,28,29). The van der Waals surface area contributed by atoms with E-state index in [0.717, 1.165) is 18.5 Å². The van der Waals surface area contributed by atoms with Crippen LogP contribution in [-0.2, 0) is 0 Å². The molecule has 2 atom stereocenters. The second kappa shape index (κ2) is 7.35. The smallest absolute Gasteiger partial charge is 0.235 e. The van der Waals surface area contributed by atoms with E-state index in [9.17, 15) is 8.78 Å². The van der Waals surface area contributed by atoms with Crippen molar-refractivity contribution in [3.05, 3.63) is 46.4 Å². The number of hydrogen-bond donors (Lipinski definition) is 3. The highest BCUT2D eigenvalue weighted by atomic mass is 35.5. The monoisotopic (exact) mass is 432 g/mol. The molecule has 2 unspecified atom stereocenters. The predicted octanol–water partition coefficient (Wildman–Crippen LogP) is 3.88. The van der Waals surface area contributed by atoms with Crippen molar-refractivity contribution < 1.29 is 8.78 Å². The van der Waals surface area contributed by atoms with Crippen molar-refractivity contribution in [2.45, 2.75) is 37.4 Å². The summed E-state index contributed by atoms with van der Waals surface area (Å²) in [5, 5.41) is 10.5. The molecule has 3 heterocycles. The number of H-pyrrole nitrogens is 1. The largest absolute Gasteiger partial charge is 0.368 e. The van der Waals surface area contributed by atoms with E-state index in [2.05, 4.69) is 30.5 Å². The van der Waals surface area contributed by atoms with Crippen LogP contribution in [0.2, 0.25) is 5.02 Å². The first kappa shape index (κ1) is 19.0. The molecule has 8 nitrogen and oxygen atoms in total. The van der Waals surface area contributed by atoms with Gasteiger partial charge in [-0.1, -0.05) is 17.7 Å². The van der Waals surface area contributed by atoms with E-state index in [0.29, 0.717) is 17.3 Å². The number of nitrogen functional groups attached to an aromatic ring is 1. The molecule has 0 spiro atoms. The quantitative estimate of drug-likeness (QED) is 0.561. The molecule has 2 aliphatic rings. The molecule has 0 bridgehead atoms. The number of aromatic nitrogens is 5. The van der Waals surface area contributed by atoms with Gasteiger partial charge in [0, 0.05) is 34.7 Å². The molecule has 1 aliphatic carbocycles. The maximum Gasteiger partial charge on any atom is 0.235 e. The maximum atomic E-state index is 14.5. The lowest BCUT2D eigenvalue weighted by atomic mass is 10.0. The van der Waals surface area contributed by atoms with Gasteiger partial charge < -0.3 is 16.0 Å². The van der Waals surface area contributed by atoms with Gasteiger partial charge in [0.1, 0.15) is 12.0 Å². The Morgan fingerprint density at radius 1 is 1.20 bits per heavy atom. The number of hydrogen-bond acceptors (Lipinski definition) is 7. The van der Waals surface area contributed by atoms with E-state index in [1.54, 1.807) is 17.0 Å². The van der Waals surface area contributed by atoms with Gasteiger partial charge in [-0.2, -0.15) is 20.1 Å². The second-order valence-electron chi connectivity index (χ2n) is 7.59. The van der Waals surface area contributed by atoms with Gasteiger partial charge in [0.25, 0.3) is 0 Å². The predicted molar refractivity (Wildman–Crippen MR) is 109 cm³/mol. The van der Waals surface area contributed by atoms with E-state index >= 15 is 0 Å². The SMILES string of the molecule is Nc1nc(Nc2cc(C3CC3)[nH]n2)nc(N2CC(F)CC2c2ccc(Cl)cc2F)n1. The summed E-state index contributed by atoms with van der Waals surface area (Å²) in [5.74, 6) is 0.896. The van der Waals surface area contributed by atoms with Crippen molar-refractivity contribution in [1.29, 1.82) is 0 Å². The fourth-order valence-corrected chi connectivity index (χ4v) is 3.91. The fourth-order valence-electron chi connectivity index (χ4n) is 3.76. The van der Waals surface area contributed by atoms with Gasteiger partial charge in [-0.15, -0.1) is 0 Å². The number of anilines is 4. The molecule has 1 saturated heterocycles. The van der Waals surface area contributed by atoms with Crippen LogP contribution in [0.3, 0.4) is 0 Å². The molecular weight excluding hydrogens is 414 g/mol. The average molecular weight is 433 g/mol. The summed E-state index contributed by atoms with van der Waals surface area (Å²) >= 11 is 5.86. The van der Waals surface area contributed by atoms with E-state index in [1.165, 1.54) is 6.07 Å². The molecule has 1 aromatic carbocycles. The van der Waals surface area contributed by atoms with Gasteiger partial charge in [0.2, 0.25) is 17.8 Å². The Morgan fingerprint density at radius 3 is 2.80 bits per heavy atom. The van der Waals surface area contributed by atoms with Crippen molar-refractivity contribution in [3.63, 3.8) is 0 Å². The first-order valence-corrected chi connectivity index (χ1v) is 10.0. The molecule has 0 radical (unpaired) electrons. The molecule has 30 heavy (non-hydrogen) atoms. The Morgan fingerprint density at radius 2 is 2.03 bits per heavy atom. The summed E-state index contributed by atoms with van der Waals surface area (Å²) in [5.41, 5.74) is 7.25. The van der Waals surface area contributed by atoms with E-state index in [1.807, 2.05) is 6.07 Å². The lowest BCUT2D eigenvalue weighted by molar-refractivity contribution is 0.356. The molecule has 5 rings (SSSR count). The highest BCUT2D eigenvalue weighted by Gasteiger charge is 2.37. The average Bonchev–Trinajstić information content (AvgIpc) is 3.32. The molecular formula is C19H19ClF2N8. The van der Waals surface area contributed by atoms with Gasteiger partial charge in [0.05, 0.1) is 12.6 Å². The topological polar surface area (TPSA) is 109 Å². The van der Waals surface area contributed by atoms with Gasteiger partial charge in [0.15, 0.2) is 5.82 Å². The van der Waals surface area contributed by atoms with Crippen molar-refractivity contribution in [2.75, 3.05) is 22.5 Å². The number of nitrogens with two attached hydrogens (primary N) is 1. The van der Waals surface area contributed by atoms with Gasteiger partial charge >= 0.3 is 0 Å². The second-order valence-corrected chi connectivity index (χ2v) is 8.03. The van der Waals surface area contributed by atoms with Crippen LogP contribution >= 0.6 is 11.6 Å². The lowest BCUT2D eigenvalue weighted by Crippen LogP contribution is -2.27. The van der Waals surface area contributed by atoms with Gasteiger partial charge in [-0.25, -0.2) is 8.78 Å². The Hall–Kier alpha value is -3.01. The van der Waals surface area contributed by atoms with Crippen LogP contribution in [-0.4, -0.2) is 37.9 Å². The summed E-state index contributed by atoms with van der Waals surface area (Å²) in [6.07, 6.45) is 1.24. The zero-order valence-electron chi connectivity index (χ0n) is 15.8. The molecule has 2 aromatic heterocycles. The van der Waals surface area contributed by atoms with Crippen LogP contribution in [0.25, 0.3) is 0 Å². The number of nitrogens with zero attached hydrogens (tertiary/aromatic N) is 5. The highest BCUT2D eigenvalue weighted by molar-refractivity contribution is 6.30. The summed E-state index contributed by atoms with van der Waals surface area (Å²) in [4.78, 5) is 14.2. The van der Waals surface area contributed by atoms with E-state index in [4.69, 9.17) is 17.3 Å². The number of nitrogens with one attached hydrogen (secondary N) is 2. The van der Waals surface area contributed by atoms with Crippen molar-refractivity contribution in [2.24, 2.45) is 0 Å². The highest BCUT2D eigenvalue weighted by Crippen LogP contribution is 2.40. The van der Waals surface area contributed by atoms with Crippen molar-refractivity contribution in [3.8, 4) is 0 Å². The Bertz CT molecular complexity index is 1090. The van der Waals surface area contributed by atoms with Crippen LogP contribution in [0, 0.1) is 5.82 Å². The lowest BCUT2D eigenvalue weighted by Gasteiger charge is -2.25. The van der Waals surface area contributed by atoms with Gasteiger partial charge in [-0.05, 0) is 25.0 Å². The summed E-state index contributed by atoms with van der Waals surface area (Å²) < 4.78 is 28.8. The van der Waals surface area contributed by atoms with E-state index < -0.39 is 18.0 Å². The van der Waals surface area contributed by atoms with Crippen molar-refractivity contribution in [1.82, 2.24) is 25.1 Å². The van der Waals surface area contributed by atoms with Gasteiger partial charge in [-0.3, -0.25) is 5.10 Å². The third kappa shape index (κ3) is 3.74. The Labute approximate surface area is 175 Å². The first-order chi connectivity index (χ1) is 14.5. The number of rotatable bonds is 5. The Kier molecular flexibility index (Phi) is 4.65. The summed E-state index contributed by atoms with van der Waals surface area (Å²) in [6, 6.07) is 5.66. The van der Waals surface area contributed by atoms with Crippen LogP contribution in [0.15, 0.2) is 24.3 Å². The maximum absolute atomic E-state index is 14.5. The molecule has 1 saturated carbocycles. The first-order valence-electron chi connectivity index (χ1n) is 9.66. The number of alkyl halides is 1. The van der Waals surface area contributed by atoms with Crippen LogP contribution < -0.4 is 16.0 Å². The summed E-state index contributed by atoms with van der Waals surface area (Å²) in [6.45, 7) is 0.0177. The van der Waals surface area contributed by atoms with Crippen molar-refractivity contribution >= 4 is 35.3 Å². The minimum absolute atomic E-state index is 0.0177. The minimum Gasteiger partial charge on any atom is -0.368 e. The van der Waals surface area contributed by atoms with Crippen LogP contribution in [0.4, 0.5) is 32.4 Å². The third-order valence-corrected chi connectivity index (χ3v) is 5.56. The zero-order chi connectivity index (χ0) is 20.8. The van der Waals surface area contributed by atoms with Crippen LogP contribution in [0.1, 0.15) is 42.5 Å². The minimum atomic E-state index is -1.16. The third-order valence-electron chi connectivity index (χ3n) is 5.32. The number of benzene rings is 1. The normalized spacial score (nSPS) is 21.2. The molecule has 4 N–H and O–H groups in total. The molecule has 156 valence electrons. The molecule has 3 aromatic rings. The molecule has 0 amide bonds. The van der Waals surface area contributed by atoms with E-state index in [-0.39, 0.29) is 35.8 Å². The number of aromatic amines is 1. The van der Waals surface area contributed by atoms with Crippen LogP contribution in [0.5, 0.6) is 0 Å². The molecule has 1 aliphatic heterocycles. The zero-order valence-corrected chi connectivity index (χ0v) is 16.6. The molecule has 11 heteroatoms. The molecule has 2 fully saturated rings.